The minimum atomic E-state index is 0.252. The molecule has 0 radical (unpaired) electrons. The lowest BCUT2D eigenvalue weighted by Gasteiger charge is -2.17. The van der Waals surface area contributed by atoms with Gasteiger partial charge in [0.15, 0.2) is 0 Å². The van der Waals surface area contributed by atoms with E-state index in [1.165, 1.54) is 5.69 Å². The van der Waals surface area contributed by atoms with E-state index < -0.39 is 0 Å². The number of hydrogen-bond donors (Lipinski definition) is 1. The Morgan fingerprint density at radius 1 is 1.50 bits per heavy atom. The largest absolute Gasteiger partial charge is 0.469 e. The van der Waals surface area contributed by atoms with Crippen LogP contribution < -0.4 is 5.32 Å². The summed E-state index contributed by atoms with van der Waals surface area (Å²) in [5, 5.41) is 7.97. The molecule has 0 aliphatic carbocycles. The van der Waals surface area contributed by atoms with Crippen LogP contribution in [0.1, 0.15) is 36.5 Å². The molecule has 0 aliphatic rings. The van der Waals surface area contributed by atoms with Crippen LogP contribution in [0.25, 0.3) is 0 Å². The molecule has 0 fully saturated rings. The first-order valence-electron chi connectivity index (χ1n) is 6.47. The molecule has 0 bridgehead atoms. The van der Waals surface area contributed by atoms with Gasteiger partial charge in [-0.1, -0.05) is 6.92 Å². The topological polar surface area (TPSA) is 43.0 Å². The average molecular weight is 247 g/mol. The zero-order valence-electron chi connectivity index (χ0n) is 11.3. The Bertz CT molecular complexity index is 473. The van der Waals surface area contributed by atoms with E-state index in [1.807, 2.05) is 30.8 Å². The average Bonchev–Trinajstić information content (AvgIpc) is 2.94. The van der Waals surface area contributed by atoms with Gasteiger partial charge in [-0.2, -0.15) is 5.10 Å². The van der Waals surface area contributed by atoms with Crippen LogP contribution in [0.4, 0.5) is 0 Å². The van der Waals surface area contributed by atoms with Crippen molar-refractivity contribution in [2.24, 2.45) is 7.05 Å². The molecule has 1 atom stereocenters. The van der Waals surface area contributed by atoms with Crippen molar-refractivity contribution in [3.05, 3.63) is 41.6 Å². The molecule has 0 saturated heterocycles. The zero-order valence-corrected chi connectivity index (χ0v) is 11.3. The lowest BCUT2D eigenvalue weighted by molar-refractivity contribution is 0.433. The molecule has 4 heteroatoms. The highest BCUT2D eigenvalue weighted by Crippen LogP contribution is 2.19. The minimum Gasteiger partial charge on any atom is -0.469 e. The summed E-state index contributed by atoms with van der Waals surface area (Å²) >= 11 is 0. The van der Waals surface area contributed by atoms with Gasteiger partial charge in [-0.25, -0.2) is 0 Å². The van der Waals surface area contributed by atoms with Gasteiger partial charge in [0, 0.05) is 13.5 Å². The third kappa shape index (κ3) is 3.01. The molecule has 1 unspecified atom stereocenters. The summed E-state index contributed by atoms with van der Waals surface area (Å²) in [5.74, 6) is 1.00. The summed E-state index contributed by atoms with van der Waals surface area (Å²) in [6.45, 7) is 5.19. The fourth-order valence-electron chi connectivity index (χ4n) is 2.19. The second-order valence-corrected chi connectivity index (χ2v) is 4.62. The zero-order chi connectivity index (χ0) is 13.0. The van der Waals surface area contributed by atoms with Crippen LogP contribution in [0.2, 0.25) is 0 Å². The van der Waals surface area contributed by atoms with Crippen LogP contribution in [-0.4, -0.2) is 16.3 Å². The molecule has 98 valence electrons. The quantitative estimate of drug-likeness (QED) is 0.853. The van der Waals surface area contributed by atoms with Gasteiger partial charge in [0.25, 0.3) is 0 Å². The van der Waals surface area contributed by atoms with Gasteiger partial charge in [-0.15, -0.1) is 0 Å². The Labute approximate surface area is 108 Å². The van der Waals surface area contributed by atoms with Crippen LogP contribution in [0.3, 0.4) is 0 Å². The lowest BCUT2D eigenvalue weighted by Crippen LogP contribution is -2.26. The van der Waals surface area contributed by atoms with E-state index in [1.54, 1.807) is 6.26 Å². The van der Waals surface area contributed by atoms with E-state index in [9.17, 15) is 0 Å². The summed E-state index contributed by atoms with van der Waals surface area (Å²) in [7, 11) is 1.99. The monoisotopic (exact) mass is 247 g/mol. The van der Waals surface area contributed by atoms with Crippen LogP contribution >= 0.6 is 0 Å². The van der Waals surface area contributed by atoms with E-state index in [0.717, 1.165) is 30.8 Å². The third-order valence-electron chi connectivity index (χ3n) is 3.02. The number of aromatic nitrogens is 2. The Kier molecular flexibility index (Phi) is 4.20. The smallest absolute Gasteiger partial charge is 0.105 e. The molecule has 18 heavy (non-hydrogen) atoms. The highest BCUT2D eigenvalue weighted by molar-refractivity contribution is 5.15. The molecular formula is C14H21N3O. The minimum absolute atomic E-state index is 0.252. The number of nitrogens with zero attached hydrogens (tertiary/aromatic N) is 2. The van der Waals surface area contributed by atoms with Crippen molar-refractivity contribution in [2.45, 2.75) is 32.7 Å². The highest BCUT2D eigenvalue weighted by atomic mass is 16.3. The molecule has 2 heterocycles. The summed E-state index contributed by atoms with van der Waals surface area (Å²) in [4.78, 5) is 0. The SMILES string of the molecule is CCCNC(Cc1ccco1)c1cc(C)nn1C. The second kappa shape index (κ2) is 5.87. The first kappa shape index (κ1) is 12.9. The lowest BCUT2D eigenvalue weighted by atomic mass is 10.1. The fourth-order valence-corrected chi connectivity index (χ4v) is 2.19. The Morgan fingerprint density at radius 2 is 2.33 bits per heavy atom. The van der Waals surface area contributed by atoms with E-state index >= 15 is 0 Å². The van der Waals surface area contributed by atoms with E-state index in [0.29, 0.717) is 0 Å². The van der Waals surface area contributed by atoms with Gasteiger partial charge in [0.1, 0.15) is 5.76 Å². The molecule has 2 aromatic rings. The summed E-state index contributed by atoms with van der Waals surface area (Å²) in [5.41, 5.74) is 2.26. The molecule has 0 amide bonds. The molecule has 0 aromatic carbocycles. The van der Waals surface area contributed by atoms with Crippen molar-refractivity contribution in [3.63, 3.8) is 0 Å². The van der Waals surface area contributed by atoms with E-state index in [-0.39, 0.29) is 6.04 Å². The third-order valence-corrected chi connectivity index (χ3v) is 3.02. The molecule has 2 aromatic heterocycles. The number of hydrogen-bond acceptors (Lipinski definition) is 3. The molecule has 4 nitrogen and oxygen atoms in total. The Balaban J connectivity index is 2.16. The normalized spacial score (nSPS) is 12.8. The molecule has 2 rings (SSSR count). The van der Waals surface area contributed by atoms with Crippen LogP contribution in [0, 0.1) is 6.92 Å². The van der Waals surface area contributed by atoms with Gasteiger partial charge >= 0.3 is 0 Å². The van der Waals surface area contributed by atoms with Gasteiger partial charge in [0.05, 0.1) is 23.7 Å². The van der Waals surface area contributed by atoms with Gasteiger partial charge in [-0.3, -0.25) is 4.68 Å². The van der Waals surface area contributed by atoms with Gasteiger partial charge < -0.3 is 9.73 Å². The molecular weight excluding hydrogens is 226 g/mol. The predicted molar refractivity (Wildman–Crippen MR) is 71.4 cm³/mol. The van der Waals surface area contributed by atoms with Crippen molar-refractivity contribution >= 4 is 0 Å². The number of aryl methyl sites for hydroxylation is 2. The first-order chi connectivity index (χ1) is 8.70. The fraction of sp³-hybridized carbons (Fsp3) is 0.500. The van der Waals surface area contributed by atoms with E-state index in [2.05, 4.69) is 23.4 Å². The predicted octanol–water partition coefficient (Wildman–Crippen LogP) is 2.60. The van der Waals surface area contributed by atoms with Crippen LogP contribution in [-0.2, 0) is 13.5 Å². The van der Waals surface area contributed by atoms with Crippen molar-refractivity contribution in [1.82, 2.24) is 15.1 Å². The van der Waals surface area contributed by atoms with E-state index in [4.69, 9.17) is 4.42 Å². The van der Waals surface area contributed by atoms with Crippen molar-refractivity contribution in [3.8, 4) is 0 Å². The number of furan rings is 1. The second-order valence-electron chi connectivity index (χ2n) is 4.62. The van der Waals surface area contributed by atoms with Crippen LogP contribution in [0.15, 0.2) is 28.9 Å². The Hall–Kier alpha value is -1.55. The number of nitrogens with one attached hydrogen (secondary N) is 1. The van der Waals surface area contributed by atoms with Crippen molar-refractivity contribution < 1.29 is 4.42 Å². The van der Waals surface area contributed by atoms with Gasteiger partial charge in [-0.05, 0) is 38.1 Å². The standard InChI is InChI=1S/C14H21N3O/c1-4-7-15-13(10-12-6-5-8-18-12)14-9-11(2)16-17(14)3/h5-6,8-9,13,15H,4,7,10H2,1-3H3. The molecule has 1 N–H and O–H groups in total. The maximum atomic E-state index is 5.44. The first-order valence-corrected chi connectivity index (χ1v) is 6.47. The summed E-state index contributed by atoms with van der Waals surface area (Å²) in [6, 6.07) is 6.34. The van der Waals surface area contributed by atoms with Crippen molar-refractivity contribution in [2.75, 3.05) is 6.54 Å². The number of rotatable bonds is 6. The maximum Gasteiger partial charge on any atom is 0.105 e. The summed E-state index contributed by atoms with van der Waals surface area (Å²) < 4.78 is 7.39. The highest BCUT2D eigenvalue weighted by Gasteiger charge is 2.17. The van der Waals surface area contributed by atoms with Gasteiger partial charge in [0.2, 0.25) is 0 Å². The molecule has 0 spiro atoms. The molecule has 0 aliphatic heterocycles. The van der Waals surface area contributed by atoms with Crippen molar-refractivity contribution in [1.29, 1.82) is 0 Å². The molecule has 0 saturated carbocycles. The summed E-state index contributed by atoms with van der Waals surface area (Å²) in [6.07, 6.45) is 3.69. The van der Waals surface area contributed by atoms with Crippen LogP contribution in [0.5, 0.6) is 0 Å². The Morgan fingerprint density at radius 3 is 2.89 bits per heavy atom. The maximum absolute atomic E-state index is 5.44.